The van der Waals surface area contributed by atoms with Crippen molar-refractivity contribution < 1.29 is 19.4 Å². The molecule has 0 bridgehead atoms. The van der Waals surface area contributed by atoms with Crippen LogP contribution in [0, 0.1) is 5.41 Å². The van der Waals surface area contributed by atoms with E-state index >= 15 is 0 Å². The molecule has 1 aromatic rings. The highest BCUT2D eigenvalue weighted by Gasteiger charge is 2.53. The van der Waals surface area contributed by atoms with Crippen molar-refractivity contribution in [1.29, 1.82) is 0 Å². The first kappa shape index (κ1) is 12.5. The predicted molar refractivity (Wildman–Crippen MR) is 61.8 cm³/mol. The number of hydrogen-bond acceptors (Lipinski definition) is 4. The van der Waals surface area contributed by atoms with Gasteiger partial charge in [-0.05, 0) is 12.1 Å². The minimum Gasteiger partial charge on any atom is -0.480 e. The Balaban J connectivity index is 1.84. The van der Waals surface area contributed by atoms with Crippen LogP contribution in [-0.4, -0.2) is 41.7 Å². The highest BCUT2D eigenvalue weighted by Crippen LogP contribution is 2.27. The quantitative estimate of drug-likeness (QED) is 0.709. The number of carboxylic acid groups (broad SMARTS) is 1. The maximum atomic E-state index is 11.8. The summed E-state index contributed by atoms with van der Waals surface area (Å²) >= 11 is 0. The summed E-state index contributed by atoms with van der Waals surface area (Å²) in [4.78, 5) is 26.9. The lowest BCUT2D eigenvalue weighted by Crippen LogP contribution is -2.59. The van der Waals surface area contributed by atoms with Gasteiger partial charge in [0.25, 0.3) is 0 Å². The van der Waals surface area contributed by atoms with E-state index in [1.165, 1.54) is 0 Å². The van der Waals surface area contributed by atoms with Crippen molar-refractivity contribution in [3.05, 3.63) is 30.1 Å². The van der Waals surface area contributed by atoms with E-state index in [2.05, 4.69) is 10.3 Å². The normalized spacial score (nSPS) is 16.7. The molecule has 1 amide bonds. The Bertz CT molecular complexity index is 443. The van der Waals surface area contributed by atoms with Crippen molar-refractivity contribution in [3.8, 4) is 0 Å². The number of hydrogen-bond donors (Lipinski definition) is 2. The molecule has 18 heavy (non-hydrogen) atoms. The van der Waals surface area contributed by atoms with Gasteiger partial charge in [-0.3, -0.25) is 14.6 Å². The van der Waals surface area contributed by atoms with E-state index in [-0.39, 0.29) is 13.2 Å². The fourth-order valence-corrected chi connectivity index (χ4v) is 1.68. The molecule has 2 heterocycles. The highest BCUT2D eigenvalue weighted by molar-refractivity contribution is 6.03. The summed E-state index contributed by atoms with van der Waals surface area (Å²) in [7, 11) is 0. The molecule has 6 nitrogen and oxygen atoms in total. The molecule has 0 spiro atoms. The van der Waals surface area contributed by atoms with E-state index in [0.29, 0.717) is 13.0 Å². The minimum absolute atomic E-state index is 0.0578. The molecule has 0 unspecified atom stereocenters. The van der Waals surface area contributed by atoms with Crippen molar-refractivity contribution in [2.24, 2.45) is 5.41 Å². The Morgan fingerprint density at radius 1 is 1.44 bits per heavy atom. The van der Waals surface area contributed by atoms with Gasteiger partial charge < -0.3 is 15.2 Å². The first-order chi connectivity index (χ1) is 8.65. The lowest BCUT2D eigenvalue weighted by atomic mass is 9.85. The van der Waals surface area contributed by atoms with Gasteiger partial charge in [0.2, 0.25) is 5.91 Å². The van der Waals surface area contributed by atoms with E-state index in [9.17, 15) is 9.59 Å². The Kier molecular flexibility index (Phi) is 3.57. The van der Waals surface area contributed by atoms with Crippen molar-refractivity contribution in [3.63, 3.8) is 0 Å². The van der Waals surface area contributed by atoms with Crippen LogP contribution in [0.4, 0.5) is 0 Å². The third-order valence-corrected chi connectivity index (χ3v) is 2.93. The van der Waals surface area contributed by atoms with Crippen LogP contribution in [-0.2, 0) is 20.7 Å². The number of carboxylic acids is 1. The zero-order valence-electron chi connectivity index (χ0n) is 9.76. The van der Waals surface area contributed by atoms with E-state index in [1.54, 1.807) is 6.20 Å². The van der Waals surface area contributed by atoms with E-state index in [0.717, 1.165) is 5.69 Å². The van der Waals surface area contributed by atoms with Crippen LogP contribution in [0.25, 0.3) is 0 Å². The lowest BCUT2D eigenvalue weighted by Gasteiger charge is -2.35. The Morgan fingerprint density at radius 2 is 2.22 bits per heavy atom. The van der Waals surface area contributed by atoms with Gasteiger partial charge in [0, 0.05) is 24.9 Å². The topological polar surface area (TPSA) is 88.5 Å². The summed E-state index contributed by atoms with van der Waals surface area (Å²) in [5.41, 5.74) is -0.545. The SMILES string of the molecule is O=C(O)C1(C(=O)NCCc2ccccn2)COC1. The molecule has 1 aliphatic heterocycles. The van der Waals surface area contributed by atoms with E-state index in [4.69, 9.17) is 9.84 Å². The Labute approximate surface area is 104 Å². The summed E-state index contributed by atoms with van der Waals surface area (Å²) in [6.07, 6.45) is 2.25. The molecule has 0 aromatic carbocycles. The van der Waals surface area contributed by atoms with Crippen LogP contribution in [0.5, 0.6) is 0 Å². The number of nitrogens with one attached hydrogen (secondary N) is 1. The third kappa shape index (κ3) is 2.33. The first-order valence-electron chi connectivity index (χ1n) is 5.64. The average Bonchev–Trinajstić information content (AvgIpc) is 2.28. The van der Waals surface area contributed by atoms with Gasteiger partial charge in [-0.25, -0.2) is 0 Å². The number of carbonyl (C=O) groups is 2. The molecule has 0 radical (unpaired) electrons. The third-order valence-electron chi connectivity index (χ3n) is 2.93. The zero-order valence-corrected chi connectivity index (χ0v) is 9.76. The summed E-state index contributed by atoms with van der Waals surface area (Å²) in [5, 5.41) is 11.6. The molecule has 2 N–H and O–H groups in total. The number of nitrogens with zero attached hydrogens (tertiary/aromatic N) is 1. The number of carbonyl (C=O) groups excluding carboxylic acids is 1. The molecule has 0 atom stereocenters. The first-order valence-corrected chi connectivity index (χ1v) is 5.64. The van der Waals surface area contributed by atoms with Crippen LogP contribution in [0.3, 0.4) is 0 Å². The number of aromatic nitrogens is 1. The Hall–Kier alpha value is -1.95. The fourth-order valence-electron chi connectivity index (χ4n) is 1.68. The molecule has 2 rings (SSSR count). The number of rotatable bonds is 5. The fraction of sp³-hybridized carbons (Fsp3) is 0.417. The number of aliphatic carboxylic acids is 1. The van der Waals surface area contributed by atoms with Gasteiger partial charge in [0.05, 0.1) is 13.2 Å². The number of ether oxygens (including phenoxy) is 1. The smallest absolute Gasteiger partial charge is 0.324 e. The van der Waals surface area contributed by atoms with Gasteiger partial charge in [0.15, 0.2) is 5.41 Å². The number of amides is 1. The monoisotopic (exact) mass is 250 g/mol. The molecular formula is C12H14N2O4. The molecular weight excluding hydrogens is 236 g/mol. The van der Waals surface area contributed by atoms with Crippen LogP contribution in [0.2, 0.25) is 0 Å². The standard InChI is InChI=1S/C12H14N2O4/c15-10(12(11(16)17)7-18-8-12)14-6-4-9-3-1-2-5-13-9/h1-3,5H,4,6-8H2,(H,14,15)(H,16,17). The average molecular weight is 250 g/mol. The molecule has 1 fully saturated rings. The van der Waals surface area contributed by atoms with Crippen molar-refractivity contribution in [1.82, 2.24) is 10.3 Å². The summed E-state index contributed by atoms with van der Waals surface area (Å²) in [6, 6.07) is 5.53. The van der Waals surface area contributed by atoms with Gasteiger partial charge in [-0.1, -0.05) is 6.07 Å². The van der Waals surface area contributed by atoms with Gasteiger partial charge in [0.1, 0.15) is 0 Å². The second-order valence-electron chi connectivity index (χ2n) is 4.21. The molecule has 0 aliphatic carbocycles. The van der Waals surface area contributed by atoms with Gasteiger partial charge in [-0.2, -0.15) is 0 Å². The van der Waals surface area contributed by atoms with Gasteiger partial charge >= 0.3 is 5.97 Å². The molecule has 96 valence electrons. The minimum atomic E-state index is -1.40. The van der Waals surface area contributed by atoms with Crippen molar-refractivity contribution in [2.45, 2.75) is 6.42 Å². The van der Waals surface area contributed by atoms with E-state index in [1.807, 2.05) is 18.2 Å². The van der Waals surface area contributed by atoms with Crippen LogP contribution < -0.4 is 5.32 Å². The molecule has 1 aromatic heterocycles. The maximum absolute atomic E-state index is 11.8. The molecule has 6 heteroatoms. The predicted octanol–water partition coefficient (Wildman–Crippen LogP) is -0.159. The van der Waals surface area contributed by atoms with E-state index < -0.39 is 17.3 Å². The van der Waals surface area contributed by atoms with Gasteiger partial charge in [-0.15, -0.1) is 0 Å². The number of pyridine rings is 1. The Morgan fingerprint density at radius 3 is 2.72 bits per heavy atom. The van der Waals surface area contributed by atoms with Crippen molar-refractivity contribution >= 4 is 11.9 Å². The maximum Gasteiger partial charge on any atom is 0.324 e. The van der Waals surface area contributed by atoms with Crippen LogP contribution in [0.15, 0.2) is 24.4 Å². The molecule has 1 saturated heterocycles. The zero-order chi connectivity index (χ0) is 13.0. The summed E-state index contributed by atoms with van der Waals surface area (Å²) in [5.74, 6) is -1.62. The van der Waals surface area contributed by atoms with Crippen LogP contribution in [0.1, 0.15) is 5.69 Å². The second-order valence-corrected chi connectivity index (χ2v) is 4.21. The summed E-state index contributed by atoms with van der Waals surface area (Å²) < 4.78 is 4.83. The largest absolute Gasteiger partial charge is 0.480 e. The molecule has 0 saturated carbocycles. The summed E-state index contributed by atoms with van der Waals surface area (Å²) in [6.45, 7) is 0.250. The van der Waals surface area contributed by atoms with Crippen molar-refractivity contribution in [2.75, 3.05) is 19.8 Å². The van der Waals surface area contributed by atoms with Crippen LogP contribution >= 0.6 is 0 Å². The second kappa shape index (κ2) is 5.14. The highest BCUT2D eigenvalue weighted by atomic mass is 16.5. The lowest BCUT2D eigenvalue weighted by molar-refractivity contribution is -0.185. The molecule has 1 aliphatic rings.